The molecule has 0 saturated heterocycles. The van der Waals surface area contributed by atoms with Crippen molar-refractivity contribution in [3.05, 3.63) is 0 Å². The van der Waals surface area contributed by atoms with E-state index < -0.39 is 0 Å². The Morgan fingerprint density at radius 3 is 1.82 bits per heavy atom. The fraction of sp³-hybridized carbons (Fsp3) is 0.938. The molecule has 0 radical (unpaired) electrons. The van der Waals surface area contributed by atoms with Crippen molar-refractivity contribution in [1.29, 1.82) is 0 Å². The van der Waals surface area contributed by atoms with Crippen molar-refractivity contribution in [2.75, 3.05) is 0 Å². The zero-order valence-corrected chi connectivity index (χ0v) is 12.5. The average molecular weight is 238 g/mol. The van der Waals surface area contributed by atoms with Gasteiger partial charge in [0, 0.05) is 12.3 Å². The van der Waals surface area contributed by atoms with E-state index in [-0.39, 0.29) is 0 Å². The zero-order valence-electron chi connectivity index (χ0n) is 12.5. The number of hydrogen-bond acceptors (Lipinski definition) is 1. The largest absolute Gasteiger partial charge is 0.299 e. The third-order valence-electron chi connectivity index (χ3n) is 4.73. The maximum absolute atomic E-state index is 12.2. The highest BCUT2D eigenvalue weighted by molar-refractivity contribution is 5.81. The van der Waals surface area contributed by atoms with Crippen LogP contribution in [0.25, 0.3) is 0 Å². The smallest absolute Gasteiger partial charge is 0.136 e. The lowest BCUT2D eigenvalue weighted by Crippen LogP contribution is -2.27. The molecule has 0 aromatic carbocycles. The Morgan fingerprint density at radius 2 is 1.41 bits per heavy atom. The molecule has 0 aromatic heterocycles. The van der Waals surface area contributed by atoms with E-state index in [1.54, 1.807) is 0 Å². The van der Waals surface area contributed by atoms with Crippen molar-refractivity contribution in [3.63, 3.8) is 0 Å². The molecule has 0 aromatic rings. The van der Waals surface area contributed by atoms with E-state index in [4.69, 9.17) is 0 Å². The summed E-state index contributed by atoms with van der Waals surface area (Å²) in [5.41, 5.74) is 0. The molecular formula is C16H30O. The molecular weight excluding hydrogens is 208 g/mol. The molecule has 0 amide bonds. The topological polar surface area (TPSA) is 17.1 Å². The first-order valence-corrected chi connectivity index (χ1v) is 7.37. The summed E-state index contributed by atoms with van der Waals surface area (Å²) >= 11 is 0. The Morgan fingerprint density at radius 1 is 0.882 bits per heavy atom. The normalized spacial score (nSPS) is 31.4. The molecule has 3 atom stereocenters. The van der Waals surface area contributed by atoms with Gasteiger partial charge in [-0.15, -0.1) is 0 Å². The molecule has 1 fully saturated rings. The van der Waals surface area contributed by atoms with Crippen LogP contribution in [0.2, 0.25) is 0 Å². The van der Waals surface area contributed by atoms with E-state index >= 15 is 0 Å². The average Bonchev–Trinajstić information content (AvgIpc) is 2.37. The van der Waals surface area contributed by atoms with E-state index in [2.05, 4.69) is 41.5 Å². The van der Waals surface area contributed by atoms with Crippen LogP contribution in [0, 0.1) is 35.5 Å². The Balaban J connectivity index is 2.90. The standard InChI is InChI=1S/C16H30O/c1-10(2)13-7-8-16(17)15(12(5)6)9-14(13)11(3)4/h10-15H,7-9H2,1-6H3. The van der Waals surface area contributed by atoms with Gasteiger partial charge in [0.2, 0.25) is 0 Å². The van der Waals surface area contributed by atoms with Crippen LogP contribution in [0.3, 0.4) is 0 Å². The highest BCUT2D eigenvalue weighted by Crippen LogP contribution is 2.40. The molecule has 0 aliphatic heterocycles. The van der Waals surface area contributed by atoms with E-state index in [1.807, 2.05) is 0 Å². The predicted octanol–water partition coefficient (Wildman–Crippen LogP) is 4.56. The first-order valence-electron chi connectivity index (χ1n) is 7.37. The van der Waals surface area contributed by atoms with Crippen LogP contribution < -0.4 is 0 Å². The number of rotatable bonds is 3. The van der Waals surface area contributed by atoms with E-state index in [0.717, 1.165) is 31.1 Å². The van der Waals surface area contributed by atoms with Gasteiger partial charge >= 0.3 is 0 Å². The van der Waals surface area contributed by atoms with Crippen molar-refractivity contribution in [2.45, 2.75) is 60.8 Å². The summed E-state index contributed by atoms with van der Waals surface area (Å²) in [7, 11) is 0. The summed E-state index contributed by atoms with van der Waals surface area (Å²) < 4.78 is 0. The Kier molecular flexibility index (Phi) is 5.22. The van der Waals surface area contributed by atoms with E-state index in [0.29, 0.717) is 29.5 Å². The van der Waals surface area contributed by atoms with Crippen molar-refractivity contribution < 1.29 is 4.79 Å². The minimum atomic E-state index is 0.311. The van der Waals surface area contributed by atoms with E-state index in [9.17, 15) is 4.79 Å². The summed E-state index contributed by atoms with van der Waals surface area (Å²) in [6.45, 7) is 13.7. The van der Waals surface area contributed by atoms with Gasteiger partial charge < -0.3 is 0 Å². The molecule has 1 rings (SSSR count). The van der Waals surface area contributed by atoms with Crippen LogP contribution in [-0.2, 0) is 4.79 Å². The second-order valence-electron chi connectivity index (χ2n) is 6.91. The molecule has 0 N–H and O–H groups in total. The minimum Gasteiger partial charge on any atom is -0.299 e. The lowest BCUT2D eigenvalue weighted by Gasteiger charge is -2.33. The van der Waals surface area contributed by atoms with Crippen LogP contribution in [-0.4, -0.2) is 5.78 Å². The molecule has 0 heterocycles. The Labute approximate surface area is 107 Å². The second-order valence-corrected chi connectivity index (χ2v) is 6.91. The van der Waals surface area contributed by atoms with Crippen LogP contribution in [0.15, 0.2) is 0 Å². The second kappa shape index (κ2) is 6.02. The number of carbonyl (C=O) groups is 1. The summed E-state index contributed by atoms with van der Waals surface area (Å²) in [4.78, 5) is 12.2. The monoisotopic (exact) mass is 238 g/mol. The van der Waals surface area contributed by atoms with Crippen molar-refractivity contribution in [1.82, 2.24) is 0 Å². The molecule has 17 heavy (non-hydrogen) atoms. The molecule has 1 nitrogen and oxygen atoms in total. The quantitative estimate of drug-likeness (QED) is 0.659. The molecule has 1 aliphatic rings. The van der Waals surface area contributed by atoms with Gasteiger partial charge in [-0.05, 0) is 42.4 Å². The zero-order chi connectivity index (χ0) is 13.2. The molecule has 1 saturated carbocycles. The highest BCUT2D eigenvalue weighted by Gasteiger charge is 2.36. The Hall–Kier alpha value is -0.330. The van der Waals surface area contributed by atoms with Crippen molar-refractivity contribution in [2.24, 2.45) is 35.5 Å². The van der Waals surface area contributed by atoms with Gasteiger partial charge in [-0.3, -0.25) is 4.79 Å². The van der Waals surface area contributed by atoms with Crippen LogP contribution >= 0.6 is 0 Å². The van der Waals surface area contributed by atoms with Gasteiger partial charge in [-0.25, -0.2) is 0 Å². The first-order chi connectivity index (χ1) is 7.84. The minimum absolute atomic E-state index is 0.311. The maximum Gasteiger partial charge on any atom is 0.136 e. The molecule has 1 aliphatic carbocycles. The van der Waals surface area contributed by atoms with Crippen molar-refractivity contribution >= 4 is 5.78 Å². The SMILES string of the molecule is CC(C)C1CC(C(C)C)C(C(C)C)CCC1=O. The summed E-state index contributed by atoms with van der Waals surface area (Å²) in [6, 6.07) is 0. The summed E-state index contributed by atoms with van der Waals surface area (Å²) in [6.07, 6.45) is 3.05. The lowest BCUT2D eigenvalue weighted by atomic mass is 9.72. The lowest BCUT2D eigenvalue weighted by molar-refractivity contribution is -0.124. The highest BCUT2D eigenvalue weighted by atomic mass is 16.1. The van der Waals surface area contributed by atoms with Gasteiger partial charge in [-0.1, -0.05) is 41.5 Å². The Bertz CT molecular complexity index is 252. The summed E-state index contributed by atoms with van der Waals surface area (Å²) in [5.74, 6) is 4.22. The predicted molar refractivity (Wildman–Crippen MR) is 73.8 cm³/mol. The summed E-state index contributed by atoms with van der Waals surface area (Å²) in [5, 5.41) is 0. The van der Waals surface area contributed by atoms with Gasteiger partial charge in [0.1, 0.15) is 5.78 Å². The molecule has 0 spiro atoms. The number of ketones is 1. The van der Waals surface area contributed by atoms with Gasteiger partial charge in [0.25, 0.3) is 0 Å². The third-order valence-corrected chi connectivity index (χ3v) is 4.73. The maximum atomic E-state index is 12.2. The van der Waals surface area contributed by atoms with Crippen LogP contribution in [0.5, 0.6) is 0 Å². The number of Topliss-reactive ketones (excluding diaryl/α,β-unsaturated/α-hetero) is 1. The molecule has 100 valence electrons. The van der Waals surface area contributed by atoms with E-state index in [1.165, 1.54) is 0 Å². The molecule has 3 unspecified atom stereocenters. The van der Waals surface area contributed by atoms with Gasteiger partial charge in [-0.2, -0.15) is 0 Å². The molecule has 0 bridgehead atoms. The van der Waals surface area contributed by atoms with Crippen molar-refractivity contribution in [3.8, 4) is 0 Å². The fourth-order valence-corrected chi connectivity index (χ4v) is 3.55. The molecule has 1 heteroatoms. The van der Waals surface area contributed by atoms with Crippen LogP contribution in [0.1, 0.15) is 60.8 Å². The number of carbonyl (C=O) groups excluding carboxylic acids is 1. The third kappa shape index (κ3) is 3.56. The number of hydrogen-bond donors (Lipinski definition) is 0. The van der Waals surface area contributed by atoms with Gasteiger partial charge in [0.15, 0.2) is 0 Å². The van der Waals surface area contributed by atoms with Gasteiger partial charge in [0.05, 0.1) is 0 Å². The first kappa shape index (κ1) is 14.7. The fourth-order valence-electron chi connectivity index (χ4n) is 3.55. The van der Waals surface area contributed by atoms with Crippen LogP contribution in [0.4, 0.5) is 0 Å².